The molecule has 0 unspecified atom stereocenters. The fourth-order valence-corrected chi connectivity index (χ4v) is 3.53. The summed E-state index contributed by atoms with van der Waals surface area (Å²) in [6.45, 7) is 0. The molecule has 3 rings (SSSR count). The van der Waals surface area contributed by atoms with Gasteiger partial charge in [-0.1, -0.05) is 12.1 Å². The number of hydrogen-bond donors (Lipinski definition) is 2. The second kappa shape index (κ2) is 6.89. The maximum Gasteiger partial charge on any atom is 0.227 e. The van der Waals surface area contributed by atoms with Gasteiger partial charge in [-0.25, -0.2) is 26.8 Å². The van der Waals surface area contributed by atoms with E-state index in [0.717, 1.165) is 10.6 Å². The van der Waals surface area contributed by atoms with Crippen molar-refractivity contribution in [3.8, 4) is 0 Å². The summed E-state index contributed by atoms with van der Waals surface area (Å²) in [5.41, 5.74) is 1.50. The number of aromatic nitrogens is 2. The van der Waals surface area contributed by atoms with Gasteiger partial charge in [-0.15, -0.1) is 0 Å². The van der Waals surface area contributed by atoms with Crippen molar-refractivity contribution < 1.29 is 16.8 Å². The molecule has 0 fully saturated rings. The molecule has 2 aromatic carbocycles. The van der Waals surface area contributed by atoms with Crippen molar-refractivity contribution in [2.45, 2.75) is 4.90 Å². The Labute approximate surface area is 152 Å². The first-order chi connectivity index (χ1) is 12.3. The van der Waals surface area contributed by atoms with Crippen LogP contribution >= 0.6 is 0 Å². The maximum absolute atomic E-state index is 11.9. The van der Waals surface area contributed by atoms with Crippen molar-refractivity contribution in [2.75, 3.05) is 22.9 Å². The van der Waals surface area contributed by atoms with E-state index in [-0.39, 0.29) is 10.8 Å². The van der Waals surface area contributed by atoms with Gasteiger partial charge in [0.25, 0.3) is 0 Å². The largest absolute Gasteiger partial charge is 0.324 e. The highest BCUT2D eigenvalue weighted by Crippen LogP contribution is 2.24. The molecule has 8 nitrogen and oxygen atoms in total. The van der Waals surface area contributed by atoms with Crippen LogP contribution in [0.2, 0.25) is 0 Å². The molecule has 0 amide bonds. The lowest BCUT2D eigenvalue weighted by Crippen LogP contribution is -2.13. The summed E-state index contributed by atoms with van der Waals surface area (Å²) < 4.78 is 47.0. The van der Waals surface area contributed by atoms with Gasteiger partial charge < -0.3 is 5.32 Å². The molecule has 0 bridgehead atoms. The van der Waals surface area contributed by atoms with Crippen LogP contribution < -0.4 is 9.62 Å². The van der Waals surface area contributed by atoms with Crippen LogP contribution in [0.3, 0.4) is 0 Å². The van der Waals surface area contributed by atoms with Gasteiger partial charge >= 0.3 is 0 Å². The minimum Gasteiger partial charge on any atom is -0.324 e. The molecule has 0 saturated heterocycles. The highest BCUT2D eigenvalue weighted by Gasteiger charge is 2.14. The Morgan fingerprint density at radius 1 is 1.08 bits per heavy atom. The topological polar surface area (TPSA) is 109 Å². The molecule has 0 radical (unpaired) electrons. The average Bonchev–Trinajstić information content (AvgIpc) is 2.60. The van der Waals surface area contributed by atoms with E-state index in [1.54, 1.807) is 42.6 Å². The van der Waals surface area contributed by atoms with Crippen molar-refractivity contribution in [3.05, 3.63) is 48.7 Å². The molecule has 0 aliphatic heterocycles. The van der Waals surface area contributed by atoms with E-state index < -0.39 is 20.7 Å². The van der Waals surface area contributed by atoms with Crippen LogP contribution in [-0.2, 0) is 20.7 Å². The van der Waals surface area contributed by atoms with Crippen LogP contribution in [0.25, 0.3) is 10.9 Å². The van der Waals surface area contributed by atoms with Crippen molar-refractivity contribution in [1.29, 1.82) is 0 Å². The summed E-state index contributed by atoms with van der Waals surface area (Å²) in [6.07, 6.45) is 2.68. The highest BCUT2D eigenvalue weighted by molar-refractivity contribution is 7.91. The zero-order chi connectivity index (χ0) is 18.9. The van der Waals surface area contributed by atoms with Gasteiger partial charge in [0.05, 0.1) is 16.1 Å². The molecule has 1 aromatic heterocycles. The van der Waals surface area contributed by atoms with E-state index in [4.69, 9.17) is 0 Å². The number of thiol groups is 1. The Morgan fingerprint density at radius 3 is 2.38 bits per heavy atom. The van der Waals surface area contributed by atoms with E-state index in [1.807, 2.05) is 0 Å². The second-order valence-electron chi connectivity index (χ2n) is 5.59. The Bertz CT molecular complexity index is 1130. The van der Waals surface area contributed by atoms with Gasteiger partial charge in [0, 0.05) is 30.6 Å². The van der Waals surface area contributed by atoms with Gasteiger partial charge in [-0.3, -0.25) is 4.31 Å². The van der Waals surface area contributed by atoms with Crippen LogP contribution in [0.4, 0.5) is 17.3 Å². The van der Waals surface area contributed by atoms with E-state index >= 15 is 0 Å². The number of para-hydroxylation sites is 1. The predicted molar refractivity (Wildman–Crippen MR) is 101 cm³/mol. The van der Waals surface area contributed by atoms with Crippen molar-refractivity contribution in [2.24, 2.45) is 0 Å². The Kier molecular flexibility index (Phi) is 4.79. The first kappa shape index (κ1) is 18.1. The smallest absolute Gasteiger partial charge is 0.227 e. The molecule has 0 aliphatic carbocycles. The molecule has 10 heteroatoms. The van der Waals surface area contributed by atoms with Gasteiger partial charge in [-0.05, 0) is 30.3 Å². The predicted octanol–water partition coefficient (Wildman–Crippen LogP) is 1.74. The summed E-state index contributed by atoms with van der Waals surface area (Å²) in [7, 11) is -4.67. The van der Waals surface area contributed by atoms with Crippen LogP contribution in [0, 0.1) is 0 Å². The molecule has 1 heterocycles. The number of fused-ring (bicyclic) bond motifs is 1. The average molecular weight is 392 g/mol. The summed E-state index contributed by atoms with van der Waals surface area (Å²) in [5.74, 6) is 0.240. The zero-order valence-electron chi connectivity index (χ0n) is 13.9. The minimum absolute atomic E-state index is 0.136. The number of anilines is 3. The molecule has 0 atom stereocenters. The SMILES string of the molecule is CN(c1ccc(Nc2ncc3cccc(S(C)(=O)=O)c3n2)cc1)[SH](=O)=O. The Morgan fingerprint density at radius 2 is 1.77 bits per heavy atom. The molecular weight excluding hydrogens is 376 g/mol. The summed E-state index contributed by atoms with van der Waals surface area (Å²) in [5, 5.41) is 3.60. The monoisotopic (exact) mass is 392 g/mol. The Balaban J connectivity index is 1.94. The first-order valence-electron chi connectivity index (χ1n) is 7.46. The second-order valence-corrected chi connectivity index (χ2v) is 8.65. The standard InChI is InChI=1S/C16H16N4O4S2/c1-20(25(21)22)13-8-6-12(7-9-13)18-16-17-10-11-4-3-5-14(15(11)19-16)26(2,23)24/h3-10,25H,1-2H3,(H,17,18,19). The van der Waals surface area contributed by atoms with Crippen LogP contribution in [0.15, 0.2) is 53.6 Å². The third-order valence-corrected chi connectivity index (χ3v) is 5.56. The summed E-state index contributed by atoms with van der Waals surface area (Å²) in [4.78, 5) is 8.64. The summed E-state index contributed by atoms with van der Waals surface area (Å²) >= 11 is 0. The molecule has 0 aliphatic rings. The lowest BCUT2D eigenvalue weighted by molar-refractivity contribution is 0.602. The van der Waals surface area contributed by atoms with Crippen molar-refractivity contribution in [3.63, 3.8) is 0 Å². The molecular formula is C16H16N4O4S2. The van der Waals surface area contributed by atoms with Gasteiger partial charge in [0.15, 0.2) is 9.84 Å². The van der Waals surface area contributed by atoms with Crippen molar-refractivity contribution in [1.82, 2.24) is 9.97 Å². The number of nitrogens with one attached hydrogen (secondary N) is 1. The third kappa shape index (κ3) is 3.75. The van der Waals surface area contributed by atoms with E-state index in [1.165, 1.54) is 13.1 Å². The lowest BCUT2D eigenvalue weighted by Gasteiger charge is -2.12. The number of rotatable bonds is 5. The minimum atomic E-state index is -3.42. The fraction of sp³-hybridized carbons (Fsp3) is 0.125. The normalized spacial score (nSPS) is 11.7. The van der Waals surface area contributed by atoms with Crippen molar-refractivity contribution >= 4 is 49.0 Å². The zero-order valence-corrected chi connectivity index (χ0v) is 15.7. The Hall–Kier alpha value is -2.72. The molecule has 3 aromatic rings. The maximum atomic E-state index is 11.9. The third-order valence-electron chi connectivity index (χ3n) is 3.72. The van der Waals surface area contributed by atoms with Crippen LogP contribution in [0.1, 0.15) is 0 Å². The number of sulfone groups is 1. The van der Waals surface area contributed by atoms with Gasteiger partial charge in [-0.2, -0.15) is 0 Å². The van der Waals surface area contributed by atoms with Gasteiger partial charge in [0.1, 0.15) is 0 Å². The van der Waals surface area contributed by atoms with E-state index in [0.29, 0.717) is 22.3 Å². The van der Waals surface area contributed by atoms with Gasteiger partial charge in [0.2, 0.25) is 16.8 Å². The van der Waals surface area contributed by atoms with Crippen LogP contribution in [-0.4, -0.2) is 40.1 Å². The number of benzene rings is 2. The molecule has 0 spiro atoms. The quantitative estimate of drug-likeness (QED) is 0.637. The summed E-state index contributed by atoms with van der Waals surface area (Å²) in [6, 6.07) is 11.5. The number of hydrogen-bond acceptors (Lipinski definition) is 7. The molecule has 0 saturated carbocycles. The first-order valence-corrected chi connectivity index (χ1v) is 10.5. The van der Waals surface area contributed by atoms with E-state index in [9.17, 15) is 16.8 Å². The molecule has 26 heavy (non-hydrogen) atoms. The number of nitrogens with zero attached hydrogens (tertiary/aromatic N) is 3. The van der Waals surface area contributed by atoms with E-state index in [2.05, 4.69) is 15.3 Å². The van der Waals surface area contributed by atoms with Crippen LogP contribution in [0.5, 0.6) is 0 Å². The highest BCUT2D eigenvalue weighted by atomic mass is 32.2. The lowest BCUT2D eigenvalue weighted by atomic mass is 10.2. The molecule has 1 N–H and O–H groups in total. The fourth-order valence-electron chi connectivity index (χ4n) is 2.37. The molecule has 136 valence electrons.